The predicted octanol–water partition coefficient (Wildman–Crippen LogP) is 1.27. The molecule has 1 aromatic carbocycles. The molecule has 196 valence electrons. The molecule has 10 nitrogen and oxygen atoms in total. The van der Waals surface area contributed by atoms with Gasteiger partial charge in [-0.25, -0.2) is 14.7 Å². The van der Waals surface area contributed by atoms with Crippen LogP contribution < -0.4 is 16.0 Å². The Morgan fingerprint density at radius 2 is 1.78 bits per heavy atom. The molecule has 1 unspecified atom stereocenters. The highest BCUT2D eigenvalue weighted by molar-refractivity contribution is 5.99. The third kappa shape index (κ3) is 5.30. The molecule has 3 atom stereocenters. The van der Waals surface area contributed by atoms with Gasteiger partial charge in [0.1, 0.15) is 0 Å². The number of piperazine rings is 1. The molecule has 1 aromatic rings. The second kappa shape index (κ2) is 11.5. The van der Waals surface area contributed by atoms with Crippen LogP contribution in [-0.4, -0.2) is 84.2 Å². The number of hydrogen-bond donors (Lipinski definition) is 3. The maximum atomic E-state index is 14.2. The molecule has 0 spiro atoms. The number of nitrogens with zero attached hydrogens (tertiary/aromatic N) is 3. The summed E-state index contributed by atoms with van der Waals surface area (Å²) in [5, 5.41) is 13.8. The van der Waals surface area contributed by atoms with Crippen LogP contribution in [0.1, 0.15) is 55.3 Å². The number of amides is 4. The first-order valence-corrected chi connectivity index (χ1v) is 13.1. The second-order valence-electron chi connectivity index (χ2n) is 10.4. The van der Waals surface area contributed by atoms with Gasteiger partial charge in [-0.3, -0.25) is 14.8 Å². The van der Waals surface area contributed by atoms with Gasteiger partial charge in [-0.15, -0.1) is 0 Å². The Morgan fingerprint density at radius 3 is 2.39 bits per heavy atom. The minimum atomic E-state index is -0.965. The zero-order valence-corrected chi connectivity index (χ0v) is 20.8. The number of carbonyl (C=O) groups is 4. The van der Waals surface area contributed by atoms with Crippen molar-refractivity contribution in [1.82, 2.24) is 10.4 Å². The predicted molar refractivity (Wildman–Crippen MR) is 133 cm³/mol. The average molecular weight is 501 g/mol. The fourth-order valence-corrected chi connectivity index (χ4v) is 6.34. The van der Waals surface area contributed by atoms with E-state index in [1.807, 2.05) is 12.1 Å². The normalized spacial score (nSPS) is 25.5. The molecule has 36 heavy (non-hydrogen) atoms. The minimum Gasteiger partial charge on any atom is -0.369 e. The van der Waals surface area contributed by atoms with Crippen LogP contribution in [-0.2, 0) is 14.4 Å². The Labute approximate surface area is 211 Å². The summed E-state index contributed by atoms with van der Waals surface area (Å²) in [6.07, 6.45) is 5.67. The van der Waals surface area contributed by atoms with Gasteiger partial charge >= 0.3 is 11.8 Å². The fourth-order valence-electron chi connectivity index (χ4n) is 6.34. The molecule has 4 N–H and O–H groups in total. The van der Waals surface area contributed by atoms with E-state index in [9.17, 15) is 24.4 Å². The molecule has 0 radical (unpaired) electrons. The molecule has 2 saturated heterocycles. The number of quaternary nitrogens is 1. The molecule has 3 aliphatic rings. The highest BCUT2D eigenvalue weighted by Gasteiger charge is 2.58. The lowest BCUT2D eigenvalue weighted by Gasteiger charge is -2.37. The quantitative estimate of drug-likeness (QED) is 0.201. The lowest BCUT2D eigenvalue weighted by Crippen LogP contribution is -2.65. The van der Waals surface area contributed by atoms with Gasteiger partial charge in [0.25, 0.3) is 5.91 Å². The van der Waals surface area contributed by atoms with Gasteiger partial charge in [-0.1, -0.05) is 25.7 Å². The summed E-state index contributed by atoms with van der Waals surface area (Å²) in [4.78, 5) is 54.3. The monoisotopic (exact) mass is 500 g/mol. The van der Waals surface area contributed by atoms with Crippen molar-refractivity contribution in [3.8, 4) is 0 Å². The summed E-state index contributed by atoms with van der Waals surface area (Å²) in [5.74, 6) is -2.04. The Hall–Kier alpha value is -2.82. The molecule has 1 aliphatic carbocycles. The summed E-state index contributed by atoms with van der Waals surface area (Å²) in [6.45, 7) is 3.48. The van der Waals surface area contributed by atoms with Crippen LogP contribution in [0.4, 0.5) is 5.69 Å². The van der Waals surface area contributed by atoms with Crippen molar-refractivity contribution < 1.29 is 28.9 Å². The maximum absolute atomic E-state index is 14.2. The summed E-state index contributed by atoms with van der Waals surface area (Å²) in [7, 11) is 0. The van der Waals surface area contributed by atoms with Gasteiger partial charge in [0.15, 0.2) is 6.04 Å². The smallest absolute Gasteiger partial charge is 0.353 e. The molecule has 4 rings (SSSR count). The van der Waals surface area contributed by atoms with Gasteiger partial charge in [-0.2, -0.15) is 4.48 Å². The molecule has 4 amide bonds. The third-order valence-corrected chi connectivity index (χ3v) is 8.17. The number of benzene rings is 1. The zero-order valence-electron chi connectivity index (χ0n) is 20.8. The molecule has 10 heteroatoms. The van der Waals surface area contributed by atoms with E-state index in [2.05, 4.69) is 10.2 Å². The molecule has 2 aliphatic heterocycles. The van der Waals surface area contributed by atoms with Gasteiger partial charge in [-0.05, 0) is 36.6 Å². The number of hydroxylamine groups is 2. The van der Waals surface area contributed by atoms with E-state index >= 15 is 0 Å². The fraction of sp³-hybridized carbons (Fsp3) is 0.615. The Morgan fingerprint density at radius 1 is 1.11 bits per heavy atom. The van der Waals surface area contributed by atoms with Crippen molar-refractivity contribution in [3.05, 3.63) is 29.8 Å². The van der Waals surface area contributed by atoms with Crippen molar-refractivity contribution in [2.75, 3.05) is 44.2 Å². The number of rotatable bonds is 9. The molecule has 3 fully saturated rings. The van der Waals surface area contributed by atoms with Crippen LogP contribution >= 0.6 is 0 Å². The third-order valence-electron chi connectivity index (χ3n) is 8.17. The Kier molecular flexibility index (Phi) is 8.38. The van der Waals surface area contributed by atoms with Gasteiger partial charge in [0.05, 0.1) is 24.6 Å². The summed E-state index contributed by atoms with van der Waals surface area (Å²) < 4.78 is -0.674. The average Bonchev–Trinajstić information content (AvgIpc) is 3.59. The molecular formula is C26H38N5O5+. The van der Waals surface area contributed by atoms with Crippen LogP contribution in [0.15, 0.2) is 24.3 Å². The molecule has 0 aromatic heterocycles. The first-order chi connectivity index (χ1) is 17.4. The number of carbonyl (C=O) groups excluding carboxylic acids is 4. The number of likely N-dealkylation sites (tertiary alicyclic amines) is 1. The van der Waals surface area contributed by atoms with Crippen LogP contribution in [0, 0.1) is 11.8 Å². The van der Waals surface area contributed by atoms with E-state index in [1.165, 1.54) is 0 Å². The second-order valence-corrected chi connectivity index (χ2v) is 10.4. The SMILES string of the molecule is NC(=O)[C@@H]1CCC[N+]1(C(=O)c1ccc(N2CCNCC2)cc1)C(=O)[C@H](CC1CCCC1)CN(O)C=O. The zero-order chi connectivity index (χ0) is 25.7. The molecular weight excluding hydrogens is 462 g/mol. The highest BCUT2D eigenvalue weighted by atomic mass is 16.5. The number of nitrogens with two attached hydrogens (primary N) is 1. The van der Waals surface area contributed by atoms with E-state index in [0.717, 1.165) is 57.5 Å². The molecule has 2 heterocycles. The lowest BCUT2D eigenvalue weighted by atomic mass is 9.90. The lowest BCUT2D eigenvalue weighted by molar-refractivity contribution is -0.777. The van der Waals surface area contributed by atoms with E-state index in [1.54, 1.807) is 12.1 Å². The Balaban J connectivity index is 1.66. The highest BCUT2D eigenvalue weighted by Crippen LogP contribution is 2.37. The molecule has 1 saturated carbocycles. The van der Waals surface area contributed by atoms with E-state index in [4.69, 9.17) is 5.73 Å². The van der Waals surface area contributed by atoms with Crippen LogP contribution in [0.3, 0.4) is 0 Å². The first kappa shape index (κ1) is 26.2. The number of nitrogens with one attached hydrogen (secondary N) is 1. The van der Waals surface area contributed by atoms with E-state index in [-0.39, 0.29) is 25.4 Å². The minimum absolute atomic E-state index is 0.179. The first-order valence-electron chi connectivity index (χ1n) is 13.1. The van der Waals surface area contributed by atoms with Crippen molar-refractivity contribution in [3.63, 3.8) is 0 Å². The van der Waals surface area contributed by atoms with Gasteiger partial charge in [0, 0.05) is 44.7 Å². The summed E-state index contributed by atoms with van der Waals surface area (Å²) >= 11 is 0. The number of hydrogen-bond acceptors (Lipinski definition) is 7. The van der Waals surface area contributed by atoms with Crippen LogP contribution in [0.2, 0.25) is 0 Å². The topological polar surface area (TPSA) is 133 Å². The van der Waals surface area contributed by atoms with Crippen LogP contribution in [0.25, 0.3) is 0 Å². The van der Waals surface area contributed by atoms with Crippen molar-refractivity contribution in [2.24, 2.45) is 17.6 Å². The maximum Gasteiger partial charge on any atom is 0.353 e. The van der Waals surface area contributed by atoms with Crippen molar-refractivity contribution in [1.29, 1.82) is 0 Å². The molecule has 0 bridgehead atoms. The number of imide groups is 1. The number of anilines is 1. The number of primary amides is 1. The largest absolute Gasteiger partial charge is 0.369 e. The standard InChI is InChI=1S/C26H37N5O5/c27-24(33)23-6-3-15-31(23,26(35)21(17-30(36)18-32)16-19-4-1-2-5-19)25(34)20-7-9-22(10-8-20)29-13-11-28-12-14-29/h7-10,18-19,21,23,28,36H,1-6,11-17H2,(H-,27,33)/p+1/t21-,23+,31?/m1/s1. The van der Waals surface area contributed by atoms with E-state index < -0.39 is 34.2 Å². The van der Waals surface area contributed by atoms with E-state index in [0.29, 0.717) is 29.9 Å². The van der Waals surface area contributed by atoms with Gasteiger partial charge in [0.2, 0.25) is 6.41 Å². The summed E-state index contributed by atoms with van der Waals surface area (Å²) in [6, 6.07) is 6.24. The van der Waals surface area contributed by atoms with Gasteiger partial charge < -0.3 is 16.0 Å². The van der Waals surface area contributed by atoms with Crippen LogP contribution in [0.5, 0.6) is 0 Å². The van der Waals surface area contributed by atoms with Crippen molar-refractivity contribution >= 4 is 29.8 Å². The van der Waals surface area contributed by atoms with Crippen molar-refractivity contribution in [2.45, 2.75) is 51.0 Å². The summed E-state index contributed by atoms with van der Waals surface area (Å²) in [5.41, 5.74) is 7.11. The Bertz CT molecular complexity index is 958.